The second-order valence-corrected chi connectivity index (χ2v) is 28.3. The zero-order valence-corrected chi connectivity index (χ0v) is 40.1. The van der Waals surface area contributed by atoms with Gasteiger partial charge in [-0.1, -0.05) is 260 Å². The lowest BCUT2D eigenvalue weighted by Crippen LogP contribution is -2.54. The molecule has 0 bridgehead atoms. The van der Waals surface area contributed by atoms with Crippen LogP contribution in [0.25, 0.3) is 66.6 Å². The molecule has 12 rings (SSSR count). The molecule has 3 aliphatic carbocycles. The summed E-state index contributed by atoms with van der Waals surface area (Å²) in [6, 6.07) is 73.4. The van der Waals surface area contributed by atoms with Gasteiger partial charge in [-0.2, -0.15) is 0 Å². The summed E-state index contributed by atoms with van der Waals surface area (Å²) in [4.78, 5) is 0. The van der Waals surface area contributed by atoms with Crippen LogP contribution in [0.3, 0.4) is 0 Å². The van der Waals surface area contributed by atoms with Gasteiger partial charge in [0.2, 0.25) is 0 Å². The van der Waals surface area contributed by atoms with Crippen LogP contribution in [0, 0.1) is 0 Å². The van der Waals surface area contributed by atoms with Gasteiger partial charge in [0.05, 0.1) is 0 Å². The molecule has 1 unspecified atom stereocenters. The van der Waals surface area contributed by atoms with Gasteiger partial charge in [-0.3, -0.25) is 0 Å². The van der Waals surface area contributed by atoms with Gasteiger partial charge < -0.3 is 0 Å². The third-order valence-corrected chi connectivity index (χ3v) is 22.3. The van der Waals surface area contributed by atoms with E-state index in [1.165, 1.54) is 115 Å². The monoisotopic (exact) mass is 876 g/mol. The van der Waals surface area contributed by atoms with Crippen molar-refractivity contribution in [3.63, 3.8) is 0 Å². The maximum atomic E-state index is 2.55. The number of allylic oxidation sites excluding steroid dienone is 7. The summed E-state index contributed by atoms with van der Waals surface area (Å²) in [6.07, 6.45) is 13.0. The Morgan fingerprint density at radius 3 is 1.59 bits per heavy atom. The van der Waals surface area contributed by atoms with E-state index in [0.29, 0.717) is 0 Å². The number of rotatable bonds is 8. The molecule has 0 radical (unpaired) electrons. The number of hydrogen-bond acceptors (Lipinski definition) is 0. The molecule has 9 aromatic rings. The normalized spacial score (nSPS) is 15.3. The average Bonchev–Trinajstić information content (AvgIpc) is 3.37. The van der Waals surface area contributed by atoms with Gasteiger partial charge in [-0.15, -0.1) is 0 Å². The van der Waals surface area contributed by atoms with E-state index >= 15 is 0 Å². The first kappa shape index (κ1) is 40.4. The highest BCUT2D eigenvalue weighted by atomic mass is 28.3. The second kappa shape index (κ2) is 15.8. The highest BCUT2D eigenvalue weighted by Gasteiger charge is 2.38. The Hall–Kier alpha value is -7.11. The van der Waals surface area contributed by atoms with Crippen LogP contribution in [-0.2, 0) is 6.42 Å². The van der Waals surface area contributed by atoms with Crippen LogP contribution >= 0.6 is 0 Å². The summed E-state index contributed by atoms with van der Waals surface area (Å²) >= 11 is 0. The number of fused-ring (bicyclic) bond motifs is 2. The average molecular weight is 877 g/mol. The second-order valence-electron chi connectivity index (χ2n) is 19.5. The van der Waals surface area contributed by atoms with Crippen LogP contribution in [-0.4, -0.2) is 16.1 Å². The van der Waals surface area contributed by atoms with Gasteiger partial charge >= 0.3 is 0 Å². The summed E-state index contributed by atoms with van der Waals surface area (Å²) in [5.41, 5.74) is 17.6. The summed E-state index contributed by atoms with van der Waals surface area (Å²) in [5, 5.41) is 11.0. The molecule has 9 aromatic carbocycles. The van der Waals surface area contributed by atoms with Crippen molar-refractivity contribution in [3.05, 3.63) is 252 Å². The first-order valence-corrected chi connectivity index (χ1v) is 29.6. The zero-order chi connectivity index (χ0) is 44.6. The minimum Gasteiger partial charge on any atom is -0.0753 e. The predicted molar refractivity (Wildman–Crippen MR) is 290 cm³/mol. The van der Waals surface area contributed by atoms with Gasteiger partial charge in [0, 0.05) is 5.92 Å². The van der Waals surface area contributed by atoms with Crippen molar-refractivity contribution in [2.24, 2.45) is 0 Å². The maximum absolute atomic E-state index is 2.55. The van der Waals surface area contributed by atoms with Crippen LogP contribution in [0.5, 0.6) is 0 Å². The highest BCUT2D eigenvalue weighted by molar-refractivity contribution is 7.01. The predicted octanol–water partition coefficient (Wildman–Crippen LogP) is 14.3. The maximum Gasteiger partial charge on any atom is 0.113 e. The minimum absolute atomic E-state index is 0.286. The van der Waals surface area contributed by atoms with Gasteiger partial charge in [-0.05, 0) is 112 Å². The van der Waals surface area contributed by atoms with Crippen LogP contribution in [0.15, 0.2) is 230 Å². The third-order valence-electron chi connectivity index (χ3n) is 15.2. The fourth-order valence-corrected chi connectivity index (χ4v) is 16.6. The van der Waals surface area contributed by atoms with E-state index in [9.17, 15) is 0 Å². The van der Waals surface area contributed by atoms with Crippen molar-refractivity contribution in [1.29, 1.82) is 0 Å². The lowest BCUT2D eigenvalue weighted by atomic mass is 9.68. The molecule has 316 valence electrons. The molecule has 0 saturated carbocycles. The van der Waals surface area contributed by atoms with Gasteiger partial charge in [0.1, 0.15) is 16.1 Å². The summed E-state index contributed by atoms with van der Waals surface area (Å²) in [6.45, 7) is 10.0. The molecule has 2 heteroatoms. The largest absolute Gasteiger partial charge is 0.113 e. The fourth-order valence-electron chi connectivity index (χ4n) is 11.5. The van der Waals surface area contributed by atoms with Gasteiger partial charge in [-0.25, -0.2) is 0 Å². The zero-order valence-electron chi connectivity index (χ0n) is 38.1. The molecule has 0 heterocycles. The first-order valence-electron chi connectivity index (χ1n) is 23.6. The Morgan fingerprint density at radius 2 is 0.939 bits per heavy atom. The van der Waals surface area contributed by atoms with Crippen LogP contribution < -0.4 is 20.7 Å². The van der Waals surface area contributed by atoms with Crippen molar-refractivity contribution in [3.8, 4) is 33.4 Å². The standard InChI is InChI=1S/C64H52Si2/c1-65(2,50-20-12-7-13-21-50)51-33-24-46(25-34-51)62-55-23-15-14-22-54(55)61(57-39-31-49(42-59(57)62)43-16-8-5-9-17-43)45-26-35-52(36-27-45)66(3,4)60-41-32-48-29-38-56-53(44-18-10-6-11-19-44)37-28-47-30-40-58(60)64(48)63(47)56/h5-28,30-42,63H,29H2,1-4H3. The number of benzene rings is 9. The van der Waals surface area contributed by atoms with E-state index in [2.05, 4.69) is 251 Å². The molecular weight excluding hydrogens is 825 g/mol. The molecule has 0 spiro atoms. The van der Waals surface area contributed by atoms with E-state index in [4.69, 9.17) is 0 Å². The Kier molecular flexibility index (Phi) is 9.68. The van der Waals surface area contributed by atoms with E-state index in [1.807, 2.05) is 0 Å². The molecule has 66 heavy (non-hydrogen) atoms. The minimum atomic E-state index is -2.16. The Morgan fingerprint density at radius 1 is 0.409 bits per heavy atom. The summed E-state index contributed by atoms with van der Waals surface area (Å²) < 4.78 is 0. The van der Waals surface area contributed by atoms with Gasteiger partial charge in [0.15, 0.2) is 0 Å². The Labute approximate surface area is 391 Å². The molecule has 0 aliphatic heterocycles. The van der Waals surface area contributed by atoms with Crippen LogP contribution in [0.4, 0.5) is 0 Å². The fraction of sp³-hybridized carbons (Fsp3) is 0.0938. The van der Waals surface area contributed by atoms with E-state index < -0.39 is 16.1 Å². The van der Waals surface area contributed by atoms with Crippen LogP contribution in [0.1, 0.15) is 28.2 Å². The third kappa shape index (κ3) is 6.54. The number of hydrogen-bond donors (Lipinski definition) is 0. The molecule has 0 saturated heterocycles. The van der Waals surface area contributed by atoms with E-state index in [0.717, 1.165) is 6.42 Å². The molecule has 0 N–H and O–H groups in total. The highest BCUT2D eigenvalue weighted by Crippen LogP contribution is 2.50. The van der Waals surface area contributed by atoms with Crippen molar-refractivity contribution < 1.29 is 0 Å². The molecule has 0 amide bonds. The van der Waals surface area contributed by atoms with E-state index in [1.54, 1.807) is 0 Å². The smallest absolute Gasteiger partial charge is 0.0753 e. The Bertz CT molecular complexity index is 3500. The molecule has 1 atom stereocenters. The Balaban J connectivity index is 0.964. The van der Waals surface area contributed by atoms with Gasteiger partial charge in [0.25, 0.3) is 0 Å². The molecule has 0 nitrogen and oxygen atoms in total. The van der Waals surface area contributed by atoms with E-state index in [-0.39, 0.29) is 5.92 Å². The molecule has 0 fully saturated rings. The first-order chi connectivity index (χ1) is 32.3. The quantitative estimate of drug-likeness (QED) is 0.105. The molecular formula is C64H52Si2. The van der Waals surface area contributed by atoms with Crippen molar-refractivity contribution in [2.75, 3.05) is 0 Å². The summed E-state index contributed by atoms with van der Waals surface area (Å²) in [7, 11) is -4.04. The van der Waals surface area contributed by atoms with Crippen molar-refractivity contribution in [1.82, 2.24) is 0 Å². The molecule has 0 aromatic heterocycles. The lowest BCUT2D eigenvalue weighted by molar-refractivity contribution is 0.900. The van der Waals surface area contributed by atoms with Crippen LogP contribution in [0.2, 0.25) is 26.2 Å². The molecule has 3 aliphatic rings. The van der Waals surface area contributed by atoms with Crippen molar-refractivity contribution in [2.45, 2.75) is 38.5 Å². The topological polar surface area (TPSA) is 0 Å². The summed E-state index contributed by atoms with van der Waals surface area (Å²) in [5.74, 6) is 0.286. The SMILES string of the molecule is C[Si](C)(c1ccccc1)c1ccc(-c2c3ccccc3c(-c3ccc([Si](C)(C)c4ccc5c6c4C=CC4=CC=C(c7ccccc7)C(=CC5)C46)cc3)c3ccc(-c4ccccc4)cc23)cc1. The lowest BCUT2D eigenvalue weighted by Gasteiger charge is -2.38. The van der Waals surface area contributed by atoms with Crippen molar-refractivity contribution >= 4 is 70.1 Å².